The second-order valence-corrected chi connectivity index (χ2v) is 4.16. The van der Waals surface area contributed by atoms with Crippen molar-refractivity contribution in [3.05, 3.63) is 65.0 Å². The molecule has 0 aliphatic heterocycles. The smallest absolute Gasteiger partial charge is 0.127 e. The Morgan fingerprint density at radius 3 is 2.42 bits per heavy atom. The normalized spacial score (nSPS) is 10.7. The minimum Gasteiger partial charge on any atom is -0.508 e. The summed E-state index contributed by atoms with van der Waals surface area (Å²) in [6, 6.07) is 6.86. The third kappa shape index (κ3) is 3.72. The van der Waals surface area contributed by atoms with Crippen LogP contribution in [-0.4, -0.2) is 5.11 Å². The first-order valence-corrected chi connectivity index (χ1v) is 5.67. The van der Waals surface area contributed by atoms with Gasteiger partial charge in [-0.25, -0.2) is 13.2 Å². The fourth-order valence-corrected chi connectivity index (χ4v) is 1.76. The molecule has 2 aromatic carbocycles. The number of hydrogen-bond acceptors (Lipinski definition) is 2. The summed E-state index contributed by atoms with van der Waals surface area (Å²) in [5, 5.41) is 12.1. The molecule has 2 aromatic rings. The van der Waals surface area contributed by atoms with Crippen LogP contribution in [0, 0.1) is 17.5 Å². The summed E-state index contributed by atoms with van der Waals surface area (Å²) in [6.45, 7) is 0.349. The lowest BCUT2D eigenvalue weighted by atomic mass is 10.2. The van der Waals surface area contributed by atoms with E-state index < -0.39 is 17.5 Å². The van der Waals surface area contributed by atoms with Crippen molar-refractivity contribution in [2.75, 3.05) is 0 Å². The molecule has 0 saturated carbocycles. The molecule has 5 heteroatoms. The summed E-state index contributed by atoms with van der Waals surface area (Å²) < 4.78 is 39.2. The molecule has 0 heterocycles. The van der Waals surface area contributed by atoms with E-state index in [0.29, 0.717) is 5.56 Å². The van der Waals surface area contributed by atoms with Crippen molar-refractivity contribution < 1.29 is 18.3 Å². The average molecular weight is 267 g/mol. The molecule has 0 saturated heterocycles. The van der Waals surface area contributed by atoms with Gasteiger partial charge in [0.15, 0.2) is 0 Å². The number of aromatic hydroxyl groups is 1. The minimum atomic E-state index is -0.547. The molecule has 0 aliphatic rings. The number of rotatable bonds is 4. The lowest BCUT2D eigenvalue weighted by molar-refractivity contribution is 0.467. The Morgan fingerprint density at radius 1 is 0.895 bits per heavy atom. The van der Waals surface area contributed by atoms with Crippen molar-refractivity contribution in [3.8, 4) is 5.75 Å². The Hall–Kier alpha value is -2.01. The van der Waals surface area contributed by atoms with Gasteiger partial charge in [-0.15, -0.1) is 0 Å². The van der Waals surface area contributed by atoms with E-state index in [-0.39, 0.29) is 24.4 Å². The van der Waals surface area contributed by atoms with Crippen LogP contribution >= 0.6 is 0 Å². The van der Waals surface area contributed by atoms with Crippen molar-refractivity contribution in [1.29, 1.82) is 0 Å². The second kappa shape index (κ2) is 5.75. The maximum Gasteiger partial charge on any atom is 0.127 e. The zero-order valence-electron chi connectivity index (χ0n) is 9.96. The Kier molecular flexibility index (Phi) is 4.06. The van der Waals surface area contributed by atoms with Crippen molar-refractivity contribution in [3.63, 3.8) is 0 Å². The molecule has 0 amide bonds. The molecular weight excluding hydrogens is 255 g/mol. The minimum absolute atomic E-state index is 0.112. The molecule has 19 heavy (non-hydrogen) atoms. The summed E-state index contributed by atoms with van der Waals surface area (Å²) in [5.74, 6) is -1.74. The standard InChI is InChI=1S/C14H12F3NO/c15-11-1-2-14(17)10(5-11)8-18-7-9-3-12(16)6-13(19)4-9/h1-6,18-19H,7-8H2. The molecule has 0 radical (unpaired) electrons. The highest BCUT2D eigenvalue weighted by Gasteiger charge is 2.04. The molecule has 0 aromatic heterocycles. The molecule has 0 unspecified atom stereocenters. The van der Waals surface area contributed by atoms with Crippen LogP contribution in [0.4, 0.5) is 13.2 Å². The van der Waals surface area contributed by atoms with Gasteiger partial charge in [0, 0.05) is 24.7 Å². The summed E-state index contributed by atoms with van der Waals surface area (Å²) in [7, 11) is 0. The molecule has 0 fully saturated rings. The van der Waals surface area contributed by atoms with Crippen LogP contribution in [0.25, 0.3) is 0 Å². The van der Waals surface area contributed by atoms with E-state index in [9.17, 15) is 18.3 Å². The Bertz CT molecular complexity index is 567. The van der Waals surface area contributed by atoms with Crippen molar-refractivity contribution in [2.24, 2.45) is 0 Å². The van der Waals surface area contributed by atoms with Crippen molar-refractivity contribution >= 4 is 0 Å². The third-order valence-electron chi connectivity index (χ3n) is 2.59. The van der Waals surface area contributed by atoms with Crippen LogP contribution in [0.1, 0.15) is 11.1 Å². The van der Waals surface area contributed by atoms with Gasteiger partial charge >= 0.3 is 0 Å². The highest BCUT2D eigenvalue weighted by molar-refractivity contribution is 5.28. The lowest BCUT2D eigenvalue weighted by Gasteiger charge is -2.07. The van der Waals surface area contributed by atoms with Gasteiger partial charge in [-0.1, -0.05) is 0 Å². The summed E-state index contributed by atoms with van der Waals surface area (Å²) >= 11 is 0. The SMILES string of the molecule is Oc1cc(F)cc(CNCc2cc(F)ccc2F)c1. The highest BCUT2D eigenvalue weighted by atomic mass is 19.1. The largest absolute Gasteiger partial charge is 0.508 e. The van der Waals surface area contributed by atoms with Crippen LogP contribution in [0.5, 0.6) is 5.75 Å². The van der Waals surface area contributed by atoms with Crippen LogP contribution in [0.15, 0.2) is 36.4 Å². The molecule has 0 spiro atoms. The van der Waals surface area contributed by atoms with E-state index >= 15 is 0 Å². The van der Waals surface area contributed by atoms with Gasteiger partial charge in [-0.2, -0.15) is 0 Å². The summed E-state index contributed by atoms with van der Waals surface area (Å²) in [4.78, 5) is 0. The fourth-order valence-electron chi connectivity index (χ4n) is 1.76. The van der Waals surface area contributed by atoms with E-state index in [1.807, 2.05) is 0 Å². The predicted molar refractivity (Wildman–Crippen MR) is 65.0 cm³/mol. The Labute approximate surface area is 108 Å². The third-order valence-corrected chi connectivity index (χ3v) is 2.59. The topological polar surface area (TPSA) is 32.3 Å². The first-order valence-electron chi connectivity index (χ1n) is 5.67. The molecular formula is C14H12F3NO. The van der Waals surface area contributed by atoms with Crippen LogP contribution in [0.2, 0.25) is 0 Å². The first kappa shape index (κ1) is 13.4. The maximum absolute atomic E-state index is 13.3. The molecule has 2 N–H and O–H groups in total. The highest BCUT2D eigenvalue weighted by Crippen LogP contribution is 2.15. The number of nitrogens with one attached hydrogen (secondary N) is 1. The number of halogens is 3. The predicted octanol–water partition coefficient (Wildman–Crippen LogP) is 3.10. The lowest BCUT2D eigenvalue weighted by Crippen LogP contribution is -2.14. The Morgan fingerprint density at radius 2 is 1.68 bits per heavy atom. The maximum atomic E-state index is 13.3. The number of hydrogen-bond donors (Lipinski definition) is 2. The summed E-state index contributed by atoms with van der Waals surface area (Å²) in [5.41, 5.74) is 0.718. The zero-order valence-corrected chi connectivity index (χ0v) is 9.96. The van der Waals surface area contributed by atoms with Gasteiger partial charge < -0.3 is 10.4 Å². The van der Waals surface area contributed by atoms with Gasteiger partial charge in [0.2, 0.25) is 0 Å². The van der Waals surface area contributed by atoms with Crippen LogP contribution < -0.4 is 5.32 Å². The van der Waals surface area contributed by atoms with Gasteiger partial charge in [-0.05, 0) is 35.9 Å². The molecule has 2 rings (SSSR count). The second-order valence-electron chi connectivity index (χ2n) is 4.16. The zero-order chi connectivity index (χ0) is 13.8. The summed E-state index contributed by atoms with van der Waals surface area (Å²) in [6.07, 6.45) is 0. The van der Waals surface area contributed by atoms with E-state index in [1.54, 1.807) is 0 Å². The number of benzene rings is 2. The quantitative estimate of drug-likeness (QED) is 0.892. The van der Waals surface area contributed by atoms with Crippen molar-refractivity contribution in [1.82, 2.24) is 5.32 Å². The fraction of sp³-hybridized carbons (Fsp3) is 0.143. The van der Waals surface area contributed by atoms with Gasteiger partial charge in [0.05, 0.1) is 0 Å². The number of phenolic OH excluding ortho intramolecular Hbond substituents is 1. The van der Waals surface area contributed by atoms with Crippen LogP contribution in [0.3, 0.4) is 0 Å². The van der Waals surface area contributed by atoms with E-state index in [2.05, 4.69) is 5.32 Å². The molecule has 0 atom stereocenters. The number of phenols is 1. The monoisotopic (exact) mass is 267 g/mol. The Balaban J connectivity index is 1.98. The van der Waals surface area contributed by atoms with Gasteiger partial charge in [-0.3, -0.25) is 0 Å². The van der Waals surface area contributed by atoms with E-state index in [0.717, 1.165) is 24.3 Å². The van der Waals surface area contributed by atoms with E-state index in [4.69, 9.17) is 0 Å². The molecule has 0 bridgehead atoms. The molecule has 2 nitrogen and oxygen atoms in total. The van der Waals surface area contributed by atoms with E-state index in [1.165, 1.54) is 12.1 Å². The van der Waals surface area contributed by atoms with Gasteiger partial charge in [0.25, 0.3) is 0 Å². The first-order chi connectivity index (χ1) is 9.04. The van der Waals surface area contributed by atoms with Crippen LogP contribution in [-0.2, 0) is 13.1 Å². The average Bonchev–Trinajstić information content (AvgIpc) is 2.32. The molecule has 100 valence electrons. The molecule has 0 aliphatic carbocycles. The van der Waals surface area contributed by atoms with Crippen molar-refractivity contribution in [2.45, 2.75) is 13.1 Å². The van der Waals surface area contributed by atoms with Gasteiger partial charge in [0.1, 0.15) is 23.2 Å².